The number of fused-ring (bicyclic) bond motifs is 1. The molecule has 1 N–H and O–H groups in total. The Hall–Kier alpha value is -1.22. The minimum atomic E-state index is -0.941. The Kier molecular flexibility index (Phi) is 2.15. The van der Waals surface area contributed by atoms with E-state index in [1.54, 1.807) is 6.07 Å². The van der Waals surface area contributed by atoms with E-state index in [2.05, 4.69) is 0 Å². The number of benzene rings is 1. The van der Waals surface area contributed by atoms with E-state index in [1.165, 1.54) is 6.07 Å². The van der Waals surface area contributed by atoms with Crippen LogP contribution in [0.1, 0.15) is 29.8 Å². The van der Waals surface area contributed by atoms with Gasteiger partial charge in [-0.3, -0.25) is 0 Å². The van der Waals surface area contributed by atoms with Crippen LogP contribution in [-0.4, -0.2) is 16.7 Å². The summed E-state index contributed by atoms with van der Waals surface area (Å²) in [6.45, 7) is 3.82. The molecule has 0 amide bonds. The zero-order valence-corrected chi connectivity index (χ0v) is 9.26. The van der Waals surface area contributed by atoms with Crippen molar-refractivity contribution >= 4 is 17.6 Å². The van der Waals surface area contributed by atoms with Gasteiger partial charge in [-0.15, -0.1) is 0 Å². The quantitative estimate of drug-likeness (QED) is 0.801. The van der Waals surface area contributed by atoms with E-state index in [0.29, 0.717) is 22.8 Å². The molecule has 0 saturated heterocycles. The minimum Gasteiger partial charge on any atom is -0.486 e. The number of carboxylic acids is 1. The Balaban J connectivity index is 2.60. The topological polar surface area (TPSA) is 46.5 Å². The number of hydrogen-bond acceptors (Lipinski definition) is 2. The minimum absolute atomic E-state index is 0.278. The van der Waals surface area contributed by atoms with Gasteiger partial charge in [-0.1, -0.05) is 11.6 Å². The van der Waals surface area contributed by atoms with E-state index < -0.39 is 5.97 Å². The summed E-state index contributed by atoms with van der Waals surface area (Å²) in [4.78, 5) is 11.0. The van der Waals surface area contributed by atoms with Crippen LogP contribution < -0.4 is 4.74 Å². The highest BCUT2D eigenvalue weighted by molar-refractivity contribution is 6.32. The molecule has 1 aliphatic rings. The third-order valence-electron chi connectivity index (χ3n) is 2.42. The molecule has 0 fully saturated rings. The van der Waals surface area contributed by atoms with Crippen LogP contribution in [0.25, 0.3) is 0 Å². The lowest BCUT2D eigenvalue weighted by Gasteiger charge is -2.17. The van der Waals surface area contributed by atoms with E-state index >= 15 is 0 Å². The van der Waals surface area contributed by atoms with E-state index in [1.807, 2.05) is 13.8 Å². The van der Waals surface area contributed by atoms with Gasteiger partial charge in [-0.05, 0) is 26.0 Å². The van der Waals surface area contributed by atoms with Crippen LogP contribution in [0.5, 0.6) is 5.75 Å². The predicted octanol–water partition coefficient (Wildman–Crippen LogP) is 2.75. The van der Waals surface area contributed by atoms with Gasteiger partial charge < -0.3 is 9.84 Å². The zero-order valence-electron chi connectivity index (χ0n) is 8.50. The summed E-state index contributed by atoms with van der Waals surface area (Å²) in [6.07, 6.45) is 0.574. The van der Waals surface area contributed by atoms with Crippen LogP contribution in [0, 0.1) is 0 Å². The lowest BCUT2D eigenvalue weighted by molar-refractivity contribution is 0.0696. The molecule has 0 bridgehead atoms. The van der Waals surface area contributed by atoms with Crippen LogP contribution in [0.3, 0.4) is 0 Å². The largest absolute Gasteiger partial charge is 0.486 e. The third kappa shape index (κ3) is 1.67. The summed E-state index contributed by atoms with van der Waals surface area (Å²) in [5.41, 5.74) is 0.595. The number of hydrogen-bond donors (Lipinski definition) is 1. The summed E-state index contributed by atoms with van der Waals surface area (Å²) in [6, 6.07) is 3.08. The molecular formula is C11H11ClO3. The molecule has 0 saturated carbocycles. The lowest BCUT2D eigenvalue weighted by atomic mass is 9.97. The molecule has 0 atom stereocenters. The summed E-state index contributed by atoms with van der Waals surface area (Å²) < 4.78 is 5.62. The first kappa shape index (κ1) is 10.3. The Morgan fingerprint density at radius 2 is 2.20 bits per heavy atom. The van der Waals surface area contributed by atoms with Gasteiger partial charge in [0.25, 0.3) is 0 Å². The fourth-order valence-corrected chi connectivity index (χ4v) is 2.04. The second-order valence-corrected chi connectivity index (χ2v) is 4.65. The maximum absolute atomic E-state index is 11.0. The van der Waals surface area contributed by atoms with Gasteiger partial charge in [0.15, 0.2) is 0 Å². The van der Waals surface area contributed by atoms with Crippen LogP contribution in [-0.2, 0) is 6.42 Å². The van der Waals surface area contributed by atoms with Crippen LogP contribution in [0.4, 0.5) is 0 Å². The molecule has 1 aromatic rings. The van der Waals surface area contributed by atoms with E-state index in [9.17, 15) is 4.79 Å². The molecule has 0 spiro atoms. The van der Waals surface area contributed by atoms with Crippen molar-refractivity contribution < 1.29 is 14.6 Å². The van der Waals surface area contributed by atoms with Crippen molar-refractivity contribution in [2.45, 2.75) is 25.9 Å². The van der Waals surface area contributed by atoms with Crippen molar-refractivity contribution in [2.75, 3.05) is 0 Å². The molecule has 80 valence electrons. The molecule has 1 aliphatic heterocycles. The molecule has 2 rings (SSSR count). The highest BCUT2D eigenvalue weighted by atomic mass is 35.5. The first-order valence-electron chi connectivity index (χ1n) is 4.64. The Bertz CT molecular complexity index is 438. The lowest BCUT2D eigenvalue weighted by Crippen LogP contribution is -2.25. The van der Waals surface area contributed by atoms with Gasteiger partial charge in [0.05, 0.1) is 10.6 Å². The number of rotatable bonds is 1. The van der Waals surface area contributed by atoms with Crippen molar-refractivity contribution in [2.24, 2.45) is 0 Å². The monoisotopic (exact) mass is 226 g/mol. The molecule has 4 heteroatoms. The van der Waals surface area contributed by atoms with Crippen LogP contribution >= 0.6 is 11.6 Å². The van der Waals surface area contributed by atoms with Crippen molar-refractivity contribution in [1.29, 1.82) is 0 Å². The standard InChI is InChI=1S/C11H11ClO3/c1-11(2)5-7-6(10(13)14)3-4-8(12)9(7)15-11/h3-4H,5H2,1-2H3,(H,13,14). The molecular weight excluding hydrogens is 216 g/mol. The molecule has 1 aromatic carbocycles. The second kappa shape index (κ2) is 3.14. The first-order chi connectivity index (χ1) is 6.91. The molecule has 0 unspecified atom stereocenters. The van der Waals surface area contributed by atoms with Crippen molar-refractivity contribution in [3.8, 4) is 5.75 Å². The van der Waals surface area contributed by atoms with E-state index in [4.69, 9.17) is 21.4 Å². The highest BCUT2D eigenvalue weighted by Gasteiger charge is 2.34. The van der Waals surface area contributed by atoms with Crippen LogP contribution in [0.2, 0.25) is 5.02 Å². The van der Waals surface area contributed by atoms with Gasteiger partial charge in [0.2, 0.25) is 0 Å². The van der Waals surface area contributed by atoms with Gasteiger partial charge in [0.1, 0.15) is 11.4 Å². The number of carbonyl (C=O) groups is 1. The summed E-state index contributed by atoms with van der Waals surface area (Å²) in [5, 5.41) is 9.48. The molecule has 1 heterocycles. The SMILES string of the molecule is CC1(C)Cc2c(C(=O)O)ccc(Cl)c2O1. The smallest absolute Gasteiger partial charge is 0.336 e. The van der Waals surface area contributed by atoms with Crippen molar-refractivity contribution in [3.05, 3.63) is 28.3 Å². The average Bonchev–Trinajstić information content (AvgIpc) is 2.41. The number of ether oxygens (including phenoxy) is 1. The molecule has 0 radical (unpaired) electrons. The predicted molar refractivity (Wildman–Crippen MR) is 56.8 cm³/mol. The second-order valence-electron chi connectivity index (χ2n) is 4.25. The maximum atomic E-state index is 11.0. The summed E-state index contributed by atoms with van der Waals surface area (Å²) in [7, 11) is 0. The summed E-state index contributed by atoms with van der Waals surface area (Å²) in [5.74, 6) is -0.425. The van der Waals surface area contributed by atoms with Gasteiger partial charge >= 0.3 is 5.97 Å². The van der Waals surface area contributed by atoms with Gasteiger partial charge in [0, 0.05) is 12.0 Å². The fourth-order valence-electron chi connectivity index (χ4n) is 1.82. The fraction of sp³-hybridized carbons (Fsp3) is 0.364. The average molecular weight is 227 g/mol. The van der Waals surface area contributed by atoms with Gasteiger partial charge in [-0.25, -0.2) is 4.79 Å². The van der Waals surface area contributed by atoms with Crippen LogP contribution in [0.15, 0.2) is 12.1 Å². The number of aromatic carboxylic acids is 1. The highest BCUT2D eigenvalue weighted by Crippen LogP contribution is 2.41. The van der Waals surface area contributed by atoms with E-state index in [0.717, 1.165) is 0 Å². The third-order valence-corrected chi connectivity index (χ3v) is 2.72. The number of halogens is 1. The molecule has 0 aromatic heterocycles. The number of carboxylic acid groups (broad SMARTS) is 1. The van der Waals surface area contributed by atoms with Gasteiger partial charge in [-0.2, -0.15) is 0 Å². The maximum Gasteiger partial charge on any atom is 0.336 e. The molecule has 0 aliphatic carbocycles. The normalized spacial score (nSPS) is 17.0. The Labute approximate surface area is 92.6 Å². The molecule has 3 nitrogen and oxygen atoms in total. The van der Waals surface area contributed by atoms with E-state index in [-0.39, 0.29) is 11.2 Å². The Morgan fingerprint density at radius 1 is 1.53 bits per heavy atom. The van der Waals surface area contributed by atoms with Crippen molar-refractivity contribution in [3.63, 3.8) is 0 Å². The summed E-state index contributed by atoms with van der Waals surface area (Å²) >= 11 is 5.96. The first-order valence-corrected chi connectivity index (χ1v) is 5.02. The zero-order chi connectivity index (χ0) is 11.2. The molecule has 15 heavy (non-hydrogen) atoms. The Morgan fingerprint density at radius 3 is 2.80 bits per heavy atom. The van der Waals surface area contributed by atoms with Crippen molar-refractivity contribution in [1.82, 2.24) is 0 Å².